The lowest BCUT2D eigenvalue weighted by Crippen LogP contribution is -2.51. The third-order valence-electron chi connectivity index (χ3n) is 7.96. The minimum absolute atomic E-state index is 0.312. The molecule has 3 aliphatic heterocycles. The Balaban J connectivity index is 1.16. The molecule has 4 heterocycles. The third-order valence-corrected chi connectivity index (χ3v) is 9.87. The van der Waals surface area contributed by atoms with Crippen molar-refractivity contribution in [3.63, 3.8) is 0 Å². The Morgan fingerprint density at radius 3 is 2.31 bits per heavy atom. The van der Waals surface area contributed by atoms with Crippen LogP contribution in [0.1, 0.15) is 56.9 Å². The summed E-state index contributed by atoms with van der Waals surface area (Å²) in [6.07, 6.45) is 10.9. The standard InChI is InChI=1S/C27H40N6O2S/c1-22-8-10-25(11-9-22)36(34,35)33-19-13-24(14-20-33)32-18-6-7-23(21-32)29-27-28-15-12-26(30-27)31-16-4-2-3-5-17-31/h8-12,15,23-24H,2-7,13-14,16-21H2,1H3,(H,28,29,30). The monoisotopic (exact) mass is 512 g/mol. The first-order chi connectivity index (χ1) is 17.5. The van der Waals surface area contributed by atoms with Gasteiger partial charge < -0.3 is 10.2 Å². The zero-order chi connectivity index (χ0) is 25.0. The van der Waals surface area contributed by atoms with Gasteiger partial charge in [-0.15, -0.1) is 0 Å². The third kappa shape index (κ3) is 6.01. The number of likely N-dealkylation sites (tertiary alicyclic amines) is 1. The zero-order valence-corrected chi connectivity index (χ0v) is 22.3. The number of aryl methyl sites for hydroxylation is 1. The number of anilines is 2. The van der Waals surface area contributed by atoms with Gasteiger partial charge in [0.1, 0.15) is 5.82 Å². The van der Waals surface area contributed by atoms with Crippen LogP contribution in [0.3, 0.4) is 0 Å². The normalized spacial score (nSPS) is 23.4. The highest BCUT2D eigenvalue weighted by Gasteiger charge is 2.33. The minimum atomic E-state index is -3.42. The van der Waals surface area contributed by atoms with Crippen molar-refractivity contribution in [2.24, 2.45) is 0 Å². The second kappa shape index (κ2) is 11.4. The molecule has 5 rings (SSSR count). The maximum atomic E-state index is 13.1. The van der Waals surface area contributed by atoms with Crippen LogP contribution < -0.4 is 10.2 Å². The van der Waals surface area contributed by atoms with Gasteiger partial charge in [0.25, 0.3) is 0 Å². The zero-order valence-electron chi connectivity index (χ0n) is 21.5. The van der Waals surface area contributed by atoms with E-state index >= 15 is 0 Å². The summed E-state index contributed by atoms with van der Waals surface area (Å²) in [5, 5.41) is 3.61. The number of benzene rings is 1. The van der Waals surface area contributed by atoms with Gasteiger partial charge >= 0.3 is 0 Å². The molecule has 3 aliphatic rings. The highest BCUT2D eigenvalue weighted by molar-refractivity contribution is 7.89. The number of nitrogens with one attached hydrogen (secondary N) is 1. The van der Waals surface area contributed by atoms with E-state index < -0.39 is 10.0 Å². The summed E-state index contributed by atoms with van der Waals surface area (Å²) in [5.41, 5.74) is 1.07. The predicted octanol–water partition coefficient (Wildman–Crippen LogP) is 3.90. The van der Waals surface area contributed by atoms with E-state index in [9.17, 15) is 8.42 Å². The first kappa shape index (κ1) is 25.4. The maximum absolute atomic E-state index is 13.1. The van der Waals surface area contributed by atoms with Crippen molar-refractivity contribution in [2.45, 2.75) is 75.3 Å². The summed E-state index contributed by atoms with van der Waals surface area (Å²) >= 11 is 0. The molecule has 1 atom stereocenters. The van der Waals surface area contributed by atoms with Crippen LogP contribution in [0.2, 0.25) is 0 Å². The van der Waals surface area contributed by atoms with E-state index in [-0.39, 0.29) is 0 Å². The topological polar surface area (TPSA) is 81.7 Å². The molecule has 3 saturated heterocycles. The summed E-state index contributed by atoms with van der Waals surface area (Å²) in [5.74, 6) is 1.76. The van der Waals surface area contributed by atoms with Crippen molar-refractivity contribution in [3.8, 4) is 0 Å². The van der Waals surface area contributed by atoms with Gasteiger partial charge in [0.2, 0.25) is 16.0 Å². The number of nitrogens with zero attached hydrogens (tertiary/aromatic N) is 5. The van der Waals surface area contributed by atoms with E-state index in [1.54, 1.807) is 16.4 Å². The molecule has 0 aliphatic carbocycles. The Hall–Kier alpha value is -2.23. The van der Waals surface area contributed by atoms with Crippen molar-refractivity contribution in [3.05, 3.63) is 42.1 Å². The number of rotatable bonds is 6. The first-order valence-electron chi connectivity index (χ1n) is 13.6. The second-order valence-electron chi connectivity index (χ2n) is 10.6. The molecule has 0 amide bonds. The summed E-state index contributed by atoms with van der Waals surface area (Å²) in [7, 11) is -3.42. The van der Waals surface area contributed by atoms with E-state index in [1.165, 1.54) is 25.7 Å². The van der Waals surface area contributed by atoms with Crippen LogP contribution in [0.4, 0.5) is 11.8 Å². The molecular weight excluding hydrogens is 472 g/mol. The Morgan fingerprint density at radius 2 is 1.58 bits per heavy atom. The van der Waals surface area contributed by atoms with Crippen LogP contribution in [-0.4, -0.2) is 78.9 Å². The van der Waals surface area contributed by atoms with Crippen LogP contribution in [0.25, 0.3) is 0 Å². The van der Waals surface area contributed by atoms with Crippen LogP contribution in [0.15, 0.2) is 41.4 Å². The quantitative estimate of drug-likeness (QED) is 0.629. The van der Waals surface area contributed by atoms with E-state index in [2.05, 4.69) is 20.1 Å². The molecule has 9 heteroatoms. The van der Waals surface area contributed by atoms with Crippen molar-refractivity contribution in [1.82, 2.24) is 19.2 Å². The summed E-state index contributed by atoms with van der Waals surface area (Å²) < 4.78 is 27.8. The van der Waals surface area contributed by atoms with Crippen LogP contribution in [0.5, 0.6) is 0 Å². The second-order valence-corrected chi connectivity index (χ2v) is 12.5. The molecule has 2 aromatic rings. The van der Waals surface area contributed by atoms with Crippen LogP contribution >= 0.6 is 0 Å². The molecular formula is C27H40N6O2S. The molecule has 1 unspecified atom stereocenters. The van der Waals surface area contributed by atoms with Gasteiger partial charge in [0.15, 0.2) is 0 Å². The SMILES string of the molecule is Cc1ccc(S(=O)(=O)N2CCC(N3CCCC(Nc4nccc(N5CCCCCC5)n4)C3)CC2)cc1. The Bertz CT molecular complexity index is 1090. The molecule has 0 radical (unpaired) electrons. The van der Waals surface area contributed by atoms with E-state index in [4.69, 9.17) is 4.98 Å². The lowest BCUT2D eigenvalue weighted by Gasteiger charge is -2.42. The van der Waals surface area contributed by atoms with Gasteiger partial charge in [-0.1, -0.05) is 30.5 Å². The van der Waals surface area contributed by atoms with Crippen molar-refractivity contribution < 1.29 is 8.42 Å². The molecule has 0 bridgehead atoms. The molecule has 8 nitrogen and oxygen atoms in total. The molecule has 196 valence electrons. The first-order valence-corrected chi connectivity index (χ1v) is 15.1. The Morgan fingerprint density at radius 1 is 0.861 bits per heavy atom. The Kier molecular flexibility index (Phi) is 8.08. The number of piperidine rings is 2. The lowest BCUT2D eigenvalue weighted by molar-refractivity contribution is 0.112. The van der Waals surface area contributed by atoms with Crippen LogP contribution in [0, 0.1) is 6.92 Å². The summed E-state index contributed by atoms with van der Waals surface area (Å²) in [4.78, 5) is 14.7. The molecule has 0 saturated carbocycles. The fourth-order valence-electron chi connectivity index (χ4n) is 5.84. The van der Waals surface area contributed by atoms with Crippen LogP contribution in [-0.2, 0) is 10.0 Å². The number of hydrogen-bond acceptors (Lipinski definition) is 7. The molecule has 1 N–H and O–H groups in total. The average molecular weight is 513 g/mol. The van der Waals surface area contributed by atoms with Gasteiger partial charge in [0.05, 0.1) is 4.90 Å². The number of sulfonamides is 1. The Labute approximate surface area is 216 Å². The summed E-state index contributed by atoms with van der Waals surface area (Å²) in [6.45, 7) is 7.31. The van der Waals surface area contributed by atoms with Gasteiger partial charge in [-0.3, -0.25) is 4.90 Å². The maximum Gasteiger partial charge on any atom is 0.243 e. The fraction of sp³-hybridized carbons (Fsp3) is 0.630. The average Bonchev–Trinajstić information content (AvgIpc) is 3.19. The number of aromatic nitrogens is 2. The lowest BCUT2D eigenvalue weighted by atomic mass is 9.99. The van der Waals surface area contributed by atoms with Gasteiger partial charge in [-0.25, -0.2) is 13.4 Å². The smallest absolute Gasteiger partial charge is 0.243 e. The highest BCUT2D eigenvalue weighted by Crippen LogP contribution is 2.26. The van der Waals surface area contributed by atoms with Crippen molar-refractivity contribution >= 4 is 21.8 Å². The van der Waals surface area contributed by atoms with E-state index in [1.807, 2.05) is 31.3 Å². The minimum Gasteiger partial charge on any atom is -0.356 e. The van der Waals surface area contributed by atoms with Gasteiger partial charge in [-0.05, 0) is 70.2 Å². The number of hydrogen-bond donors (Lipinski definition) is 1. The van der Waals surface area contributed by atoms with Gasteiger partial charge in [0, 0.05) is 51.0 Å². The highest BCUT2D eigenvalue weighted by atomic mass is 32.2. The molecule has 36 heavy (non-hydrogen) atoms. The van der Waals surface area contributed by atoms with E-state index in [0.29, 0.717) is 30.1 Å². The molecule has 1 aromatic heterocycles. The predicted molar refractivity (Wildman–Crippen MR) is 144 cm³/mol. The van der Waals surface area contributed by atoms with Gasteiger partial charge in [-0.2, -0.15) is 9.29 Å². The van der Waals surface area contributed by atoms with Crippen molar-refractivity contribution in [1.29, 1.82) is 0 Å². The fourth-order valence-corrected chi connectivity index (χ4v) is 7.31. The molecule has 0 spiro atoms. The molecule has 3 fully saturated rings. The largest absolute Gasteiger partial charge is 0.356 e. The van der Waals surface area contributed by atoms with Crippen molar-refractivity contribution in [2.75, 3.05) is 49.5 Å². The molecule has 1 aromatic carbocycles. The van der Waals surface area contributed by atoms with E-state index in [0.717, 1.165) is 69.2 Å². The summed E-state index contributed by atoms with van der Waals surface area (Å²) in [6, 6.07) is 9.95.